The summed E-state index contributed by atoms with van der Waals surface area (Å²) in [5, 5.41) is 2.69. The summed E-state index contributed by atoms with van der Waals surface area (Å²) in [6.07, 6.45) is 0.747. The maximum absolute atomic E-state index is 12.6. The molecule has 0 radical (unpaired) electrons. The number of anilines is 1. The highest BCUT2D eigenvalue weighted by molar-refractivity contribution is 9.11. The van der Waals surface area contributed by atoms with Gasteiger partial charge in [0.25, 0.3) is 5.91 Å². The summed E-state index contributed by atoms with van der Waals surface area (Å²) in [7, 11) is 0. The molecule has 1 atom stereocenters. The summed E-state index contributed by atoms with van der Waals surface area (Å²) in [6.45, 7) is 5.79. The first-order valence-electron chi connectivity index (χ1n) is 7.48. The van der Waals surface area contributed by atoms with Crippen LogP contribution in [0.2, 0.25) is 0 Å². The second-order valence-electron chi connectivity index (χ2n) is 6.48. The summed E-state index contributed by atoms with van der Waals surface area (Å²) in [4.78, 5) is 37.9. The normalized spacial score (nSPS) is 17.7. The van der Waals surface area contributed by atoms with Gasteiger partial charge in [0.05, 0.1) is 9.47 Å². The predicted molar refractivity (Wildman–Crippen MR) is 95.1 cm³/mol. The van der Waals surface area contributed by atoms with Gasteiger partial charge in [0.1, 0.15) is 16.5 Å². The molecular weight excluding hydrogens is 398 g/mol. The zero-order chi connectivity index (χ0) is 18.1. The second kappa shape index (κ2) is 7.10. The zero-order valence-electron chi connectivity index (χ0n) is 13.7. The maximum atomic E-state index is 12.6. The van der Waals surface area contributed by atoms with Crippen LogP contribution >= 0.6 is 27.3 Å². The third-order valence-electron chi connectivity index (χ3n) is 3.37. The Morgan fingerprint density at radius 1 is 1.42 bits per heavy atom. The van der Waals surface area contributed by atoms with Gasteiger partial charge in [-0.1, -0.05) is 0 Å². The fraction of sp³-hybridized carbons (Fsp3) is 0.533. The van der Waals surface area contributed by atoms with Crippen LogP contribution in [0.3, 0.4) is 0 Å². The number of thiophene rings is 1. The van der Waals surface area contributed by atoms with Gasteiger partial charge in [-0.3, -0.25) is 14.5 Å². The number of hydrogen-bond acceptors (Lipinski definition) is 5. The molecule has 1 fully saturated rings. The van der Waals surface area contributed by atoms with Crippen LogP contribution in [-0.4, -0.2) is 41.0 Å². The van der Waals surface area contributed by atoms with E-state index in [-0.39, 0.29) is 10.8 Å². The van der Waals surface area contributed by atoms with Crippen molar-refractivity contribution < 1.29 is 19.1 Å². The van der Waals surface area contributed by atoms with Crippen molar-refractivity contribution in [3.05, 3.63) is 14.7 Å². The Balaban J connectivity index is 2.11. The van der Waals surface area contributed by atoms with E-state index in [2.05, 4.69) is 21.2 Å². The number of rotatable bonds is 3. The van der Waals surface area contributed by atoms with E-state index in [9.17, 15) is 14.4 Å². The van der Waals surface area contributed by atoms with Crippen LogP contribution in [-0.2, 0) is 9.53 Å². The average molecular weight is 418 g/mol. The molecule has 0 saturated carbocycles. The van der Waals surface area contributed by atoms with Crippen molar-refractivity contribution in [2.45, 2.75) is 45.3 Å². The van der Waals surface area contributed by atoms with E-state index in [1.165, 1.54) is 4.90 Å². The molecule has 0 spiro atoms. The molecule has 2 heterocycles. The van der Waals surface area contributed by atoms with E-state index in [0.717, 1.165) is 11.3 Å². The Kier molecular flexibility index (Phi) is 5.54. The van der Waals surface area contributed by atoms with Crippen LogP contribution in [0.15, 0.2) is 9.85 Å². The molecule has 1 aliphatic heterocycles. The van der Waals surface area contributed by atoms with Crippen LogP contribution in [0.1, 0.15) is 43.3 Å². The van der Waals surface area contributed by atoms with Gasteiger partial charge < -0.3 is 15.8 Å². The van der Waals surface area contributed by atoms with Crippen LogP contribution in [0.5, 0.6) is 0 Å². The smallest absolute Gasteiger partial charge is 0.410 e. The van der Waals surface area contributed by atoms with Gasteiger partial charge in [0, 0.05) is 6.54 Å². The highest BCUT2D eigenvalue weighted by Gasteiger charge is 2.37. The summed E-state index contributed by atoms with van der Waals surface area (Å²) >= 11 is 4.41. The van der Waals surface area contributed by atoms with E-state index in [1.807, 2.05) is 0 Å². The number of nitrogens with two attached hydrogens (primary N) is 1. The number of primary amides is 1. The molecule has 7 nitrogen and oxygen atoms in total. The van der Waals surface area contributed by atoms with E-state index < -0.39 is 23.6 Å². The fourth-order valence-electron chi connectivity index (χ4n) is 2.43. The number of ether oxygens (including phenoxy) is 1. The number of carbonyl (C=O) groups excluding carboxylic acids is 3. The maximum Gasteiger partial charge on any atom is 0.410 e. The highest BCUT2D eigenvalue weighted by Crippen LogP contribution is 2.31. The van der Waals surface area contributed by atoms with Crippen molar-refractivity contribution in [2.75, 3.05) is 11.9 Å². The molecule has 1 aromatic heterocycles. The first-order chi connectivity index (χ1) is 11.1. The number of hydrogen-bond donors (Lipinski definition) is 2. The lowest BCUT2D eigenvalue weighted by Gasteiger charge is -2.28. The molecule has 1 aliphatic rings. The van der Waals surface area contributed by atoms with E-state index in [4.69, 9.17) is 10.5 Å². The van der Waals surface area contributed by atoms with Crippen molar-refractivity contribution in [1.82, 2.24) is 4.90 Å². The number of carbonyl (C=O) groups is 3. The Hall–Kier alpha value is -1.61. The largest absolute Gasteiger partial charge is 0.444 e. The lowest BCUT2D eigenvalue weighted by molar-refractivity contribution is -0.120. The first kappa shape index (κ1) is 18.7. The first-order valence-corrected chi connectivity index (χ1v) is 9.09. The summed E-state index contributed by atoms with van der Waals surface area (Å²) < 4.78 is 6.03. The number of nitrogens with zero attached hydrogens (tertiary/aromatic N) is 1. The number of amides is 3. The molecule has 0 aromatic carbocycles. The molecule has 132 valence electrons. The molecule has 2 rings (SSSR count). The van der Waals surface area contributed by atoms with Crippen molar-refractivity contribution in [3.8, 4) is 0 Å². The van der Waals surface area contributed by atoms with Crippen molar-refractivity contribution in [1.29, 1.82) is 0 Å². The number of nitrogens with one attached hydrogen (secondary N) is 1. The van der Waals surface area contributed by atoms with Crippen LogP contribution in [0, 0.1) is 0 Å². The minimum Gasteiger partial charge on any atom is -0.444 e. The molecule has 3 N–H and O–H groups in total. The summed E-state index contributed by atoms with van der Waals surface area (Å²) in [5.41, 5.74) is 5.04. The van der Waals surface area contributed by atoms with Crippen LogP contribution in [0.4, 0.5) is 10.5 Å². The molecule has 9 heteroatoms. The van der Waals surface area contributed by atoms with Gasteiger partial charge in [0.2, 0.25) is 5.91 Å². The third-order valence-corrected chi connectivity index (χ3v) is 5.02. The van der Waals surface area contributed by atoms with Gasteiger partial charge in [-0.05, 0) is 55.6 Å². The third kappa shape index (κ3) is 4.47. The van der Waals surface area contributed by atoms with Crippen molar-refractivity contribution in [2.24, 2.45) is 5.73 Å². The predicted octanol–water partition coefficient (Wildman–Crippen LogP) is 2.95. The quantitative estimate of drug-likeness (QED) is 0.788. The van der Waals surface area contributed by atoms with Crippen molar-refractivity contribution >= 4 is 50.9 Å². The molecule has 1 aromatic rings. The molecule has 0 bridgehead atoms. The standard InChI is InChI=1S/C15H20BrN3O4S/c1-15(2,3)23-14(22)19-6-4-5-9(19)13(21)18-8-7-10(16)24-11(8)12(17)20/h7,9H,4-6H2,1-3H3,(H2,17,20)(H,18,21)/t9-/m0/s1. The van der Waals surface area contributed by atoms with Gasteiger partial charge in [0.15, 0.2) is 0 Å². The second-order valence-corrected chi connectivity index (χ2v) is 8.91. The van der Waals surface area contributed by atoms with E-state index in [0.29, 0.717) is 28.9 Å². The van der Waals surface area contributed by atoms with E-state index in [1.54, 1.807) is 26.8 Å². The van der Waals surface area contributed by atoms with Crippen molar-refractivity contribution in [3.63, 3.8) is 0 Å². The topological polar surface area (TPSA) is 102 Å². The van der Waals surface area contributed by atoms with E-state index >= 15 is 0 Å². The number of likely N-dealkylation sites (tertiary alicyclic amines) is 1. The van der Waals surface area contributed by atoms with Gasteiger partial charge in [-0.25, -0.2) is 4.79 Å². The summed E-state index contributed by atoms with van der Waals surface area (Å²) in [5.74, 6) is -0.970. The fourth-order valence-corrected chi connectivity index (χ4v) is 3.84. The summed E-state index contributed by atoms with van der Waals surface area (Å²) in [6, 6.07) is 0.995. The van der Waals surface area contributed by atoms with Crippen LogP contribution in [0.25, 0.3) is 0 Å². The molecule has 24 heavy (non-hydrogen) atoms. The van der Waals surface area contributed by atoms with Crippen LogP contribution < -0.4 is 11.1 Å². The minimum atomic E-state index is -0.627. The average Bonchev–Trinajstić information content (AvgIpc) is 3.03. The van der Waals surface area contributed by atoms with Gasteiger partial charge in [-0.15, -0.1) is 11.3 Å². The van der Waals surface area contributed by atoms with Gasteiger partial charge >= 0.3 is 6.09 Å². The highest BCUT2D eigenvalue weighted by atomic mass is 79.9. The number of halogens is 1. The minimum absolute atomic E-state index is 0.261. The molecular formula is C15H20BrN3O4S. The SMILES string of the molecule is CC(C)(C)OC(=O)N1CCC[C@H]1C(=O)Nc1cc(Br)sc1C(N)=O. The Morgan fingerprint density at radius 3 is 2.67 bits per heavy atom. The zero-order valence-corrected chi connectivity index (χ0v) is 16.1. The molecule has 3 amide bonds. The lowest BCUT2D eigenvalue weighted by Crippen LogP contribution is -2.45. The van der Waals surface area contributed by atoms with Gasteiger partial charge in [-0.2, -0.15) is 0 Å². The monoisotopic (exact) mass is 417 g/mol. The lowest BCUT2D eigenvalue weighted by atomic mass is 10.2. The Bertz CT molecular complexity index is 668. The Morgan fingerprint density at radius 2 is 2.08 bits per heavy atom. The molecule has 1 saturated heterocycles. The molecule has 0 aliphatic carbocycles. The molecule has 0 unspecified atom stereocenters. The Labute approximate surface area is 152 Å².